The van der Waals surface area contributed by atoms with Gasteiger partial charge in [-0.25, -0.2) is 9.48 Å². The molecule has 1 aromatic carbocycles. The number of hydrogen-bond donors (Lipinski definition) is 1. The molecule has 0 radical (unpaired) electrons. The van der Waals surface area contributed by atoms with Crippen LogP contribution in [0.5, 0.6) is 0 Å². The van der Waals surface area contributed by atoms with Crippen molar-refractivity contribution in [2.24, 2.45) is 5.92 Å². The topological polar surface area (TPSA) is 76.5 Å². The zero-order valence-electron chi connectivity index (χ0n) is 15.6. The molecule has 1 saturated heterocycles. The highest BCUT2D eigenvalue weighted by Gasteiger charge is 2.33. The molecule has 1 fully saturated rings. The maximum absolute atomic E-state index is 12.5. The van der Waals surface area contributed by atoms with Crippen molar-refractivity contribution in [3.63, 3.8) is 0 Å². The van der Waals surface area contributed by atoms with E-state index in [0.717, 1.165) is 5.69 Å². The van der Waals surface area contributed by atoms with E-state index in [0.29, 0.717) is 30.2 Å². The highest BCUT2D eigenvalue weighted by atomic mass is 35.5. The number of amides is 2. The minimum atomic E-state index is -0.551. The van der Waals surface area contributed by atoms with E-state index >= 15 is 0 Å². The van der Waals surface area contributed by atoms with Crippen LogP contribution in [0.4, 0.5) is 10.5 Å². The molecule has 2 amide bonds. The molecule has 7 nitrogen and oxygen atoms in total. The monoisotopic (exact) mass is 390 g/mol. The van der Waals surface area contributed by atoms with Gasteiger partial charge in [0.25, 0.3) is 0 Å². The first kappa shape index (κ1) is 19.2. The molecule has 8 heteroatoms. The third kappa shape index (κ3) is 4.80. The Hall–Kier alpha value is -2.54. The normalized spacial score (nSPS) is 17.0. The number of nitrogens with zero attached hydrogens (tertiary/aromatic N) is 3. The lowest BCUT2D eigenvalue weighted by Crippen LogP contribution is -2.36. The first-order valence-corrected chi connectivity index (χ1v) is 9.19. The number of benzene rings is 1. The van der Waals surface area contributed by atoms with E-state index in [-0.39, 0.29) is 17.9 Å². The molecule has 0 aliphatic carbocycles. The summed E-state index contributed by atoms with van der Waals surface area (Å²) in [6, 6.07) is 7.33. The lowest BCUT2D eigenvalue weighted by atomic mass is 10.1. The number of anilines is 1. The minimum absolute atomic E-state index is 0.139. The van der Waals surface area contributed by atoms with Crippen molar-refractivity contribution in [1.82, 2.24) is 14.7 Å². The molecule has 1 aliphatic heterocycles. The largest absolute Gasteiger partial charge is 0.444 e. The summed E-state index contributed by atoms with van der Waals surface area (Å²) in [5.74, 6) is -0.416. The quantitative estimate of drug-likeness (QED) is 0.866. The van der Waals surface area contributed by atoms with Crippen LogP contribution in [0.25, 0.3) is 5.69 Å². The van der Waals surface area contributed by atoms with Gasteiger partial charge >= 0.3 is 6.09 Å². The fraction of sp³-hybridized carbons (Fsp3) is 0.421. The molecule has 2 heterocycles. The fourth-order valence-electron chi connectivity index (χ4n) is 2.87. The van der Waals surface area contributed by atoms with Crippen molar-refractivity contribution in [1.29, 1.82) is 0 Å². The van der Waals surface area contributed by atoms with E-state index in [1.165, 1.54) is 0 Å². The van der Waals surface area contributed by atoms with Gasteiger partial charge in [-0.05, 0) is 39.3 Å². The number of rotatable bonds is 3. The van der Waals surface area contributed by atoms with E-state index in [4.69, 9.17) is 16.3 Å². The first-order chi connectivity index (χ1) is 12.7. The van der Waals surface area contributed by atoms with Gasteiger partial charge in [-0.2, -0.15) is 5.10 Å². The molecule has 2 aromatic rings. The van der Waals surface area contributed by atoms with Gasteiger partial charge in [0.1, 0.15) is 5.60 Å². The zero-order valence-corrected chi connectivity index (χ0v) is 16.4. The van der Waals surface area contributed by atoms with Crippen LogP contribution in [-0.2, 0) is 9.53 Å². The molecule has 1 aromatic heterocycles. The molecular formula is C19H23ClN4O3. The number of likely N-dealkylation sites (tertiary alicyclic amines) is 1. The number of carbonyl (C=O) groups excluding carboxylic acids is 2. The lowest BCUT2D eigenvalue weighted by molar-refractivity contribution is -0.119. The molecule has 1 aliphatic rings. The summed E-state index contributed by atoms with van der Waals surface area (Å²) in [5.41, 5.74) is 0.761. The second-order valence-corrected chi connectivity index (χ2v) is 7.93. The Bertz CT molecular complexity index is 843. The lowest BCUT2D eigenvalue weighted by Gasteiger charge is -2.24. The van der Waals surface area contributed by atoms with Crippen LogP contribution in [0.1, 0.15) is 27.2 Å². The molecule has 144 valence electrons. The van der Waals surface area contributed by atoms with Crippen LogP contribution >= 0.6 is 11.6 Å². The number of carbonyl (C=O) groups is 2. The summed E-state index contributed by atoms with van der Waals surface area (Å²) in [7, 11) is 0. The van der Waals surface area contributed by atoms with Crippen molar-refractivity contribution < 1.29 is 14.3 Å². The van der Waals surface area contributed by atoms with Crippen molar-refractivity contribution >= 4 is 29.3 Å². The smallest absolute Gasteiger partial charge is 0.410 e. The third-order valence-corrected chi connectivity index (χ3v) is 4.48. The Morgan fingerprint density at radius 1 is 1.30 bits per heavy atom. The minimum Gasteiger partial charge on any atom is -0.444 e. The van der Waals surface area contributed by atoms with Crippen LogP contribution in [0.15, 0.2) is 36.7 Å². The Kier molecular flexibility index (Phi) is 5.41. The number of aromatic nitrogens is 2. The Morgan fingerprint density at radius 3 is 2.74 bits per heavy atom. The van der Waals surface area contributed by atoms with Crippen LogP contribution in [0, 0.1) is 5.92 Å². The van der Waals surface area contributed by atoms with Crippen molar-refractivity contribution in [2.75, 3.05) is 18.4 Å². The van der Waals surface area contributed by atoms with Gasteiger partial charge in [-0.15, -0.1) is 0 Å². The maximum atomic E-state index is 12.5. The van der Waals surface area contributed by atoms with Gasteiger partial charge in [0.05, 0.1) is 34.7 Å². The standard InChI is InChI=1S/C19H23ClN4O3/c1-19(2,3)27-18(26)23-9-8-13(11-23)17(25)22-14-10-21-24(12-14)16-7-5-4-6-15(16)20/h4-7,10,12-13H,8-9,11H2,1-3H3,(H,22,25). The molecule has 0 saturated carbocycles. The molecule has 0 bridgehead atoms. The number of nitrogens with one attached hydrogen (secondary N) is 1. The number of halogens is 1. The molecule has 1 unspecified atom stereocenters. The van der Waals surface area contributed by atoms with Crippen LogP contribution in [-0.4, -0.2) is 45.4 Å². The van der Waals surface area contributed by atoms with E-state index < -0.39 is 5.60 Å². The highest BCUT2D eigenvalue weighted by molar-refractivity contribution is 6.32. The van der Waals surface area contributed by atoms with Crippen LogP contribution in [0.3, 0.4) is 0 Å². The van der Waals surface area contributed by atoms with Gasteiger partial charge in [0, 0.05) is 13.1 Å². The molecule has 1 N–H and O–H groups in total. The van der Waals surface area contributed by atoms with Gasteiger partial charge in [-0.1, -0.05) is 23.7 Å². The Balaban J connectivity index is 1.59. The van der Waals surface area contributed by atoms with Crippen molar-refractivity contribution in [2.45, 2.75) is 32.8 Å². The van der Waals surface area contributed by atoms with Crippen molar-refractivity contribution in [3.8, 4) is 5.69 Å². The number of para-hydroxylation sites is 1. The van der Waals surface area contributed by atoms with Gasteiger partial charge < -0.3 is 15.0 Å². The number of hydrogen-bond acceptors (Lipinski definition) is 4. The van der Waals surface area contributed by atoms with Gasteiger partial charge in [0.2, 0.25) is 5.91 Å². The SMILES string of the molecule is CC(C)(C)OC(=O)N1CCC(C(=O)Nc2cnn(-c3ccccc3Cl)c2)C1. The van der Waals surface area contributed by atoms with E-state index in [1.54, 1.807) is 28.0 Å². The van der Waals surface area contributed by atoms with Gasteiger partial charge in [0.15, 0.2) is 0 Å². The zero-order chi connectivity index (χ0) is 19.6. The highest BCUT2D eigenvalue weighted by Crippen LogP contribution is 2.23. The average Bonchev–Trinajstić information content (AvgIpc) is 3.23. The third-order valence-electron chi connectivity index (χ3n) is 4.16. The molecule has 0 spiro atoms. The van der Waals surface area contributed by atoms with Crippen LogP contribution in [0.2, 0.25) is 5.02 Å². The molecular weight excluding hydrogens is 368 g/mol. The number of ether oxygens (including phenoxy) is 1. The summed E-state index contributed by atoms with van der Waals surface area (Å²) >= 11 is 6.17. The second-order valence-electron chi connectivity index (χ2n) is 7.53. The molecule has 3 rings (SSSR count). The second kappa shape index (κ2) is 7.60. The summed E-state index contributed by atoms with van der Waals surface area (Å²) in [5, 5.41) is 7.67. The predicted octanol–water partition coefficient (Wildman–Crippen LogP) is 3.72. The van der Waals surface area contributed by atoms with E-state index in [9.17, 15) is 9.59 Å². The summed E-state index contributed by atoms with van der Waals surface area (Å²) in [6.07, 6.45) is 3.50. The molecule has 27 heavy (non-hydrogen) atoms. The van der Waals surface area contributed by atoms with E-state index in [2.05, 4.69) is 10.4 Å². The van der Waals surface area contributed by atoms with E-state index in [1.807, 2.05) is 39.0 Å². The fourth-order valence-corrected chi connectivity index (χ4v) is 3.09. The maximum Gasteiger partial charge on any atom is 0.410 e. The first-order valence-electron chi connectivity index (χ1n) is 8.81. The molecule has 1 atom stereocenters. The average molecular weight is 391 g/mol. The summed E-state index contributed by atoms with van der Waals surface area (Å²) in [6.45, 7) is 6.32. The summed E-state index contributed by atoms with van der Waals surface area (Å²) < 4.78 is 6.97. The summed E-state index contributed by atoms with van der Waals surface area (Å²) in [4.78, 5) is 26.2. The van der Waals surface area contributed by atoms with Crippen molar-refractivity contribution in [3.05, 3.63) is 41.7 Å². The Labute approximate surface area is 163 Å². The van der Waals surface area contributed by atoms with Gasteiger partial charge in [-0.3, -0.25) is 4.79 Å². The predicted molar refractivity (Wildman–Crippen MR) is 103 cm³/mol. The van der Waals surface area contributed by atoms with Crippen LogP contribution < -0.4 is 5.32 Å². The Morgan fingerprint density at radius 2 is 2.04 bits per heavy atom.